The Kier molecular flexibility index (Phi) is 4.91. The Morgan fingerprint density at radius 1 is 1.37 bits per heavy atom. The minimum absolute atomic E-state index is 0.194. The molecule has 2 N–H and O–H groups in total. The second kappa shape index (κ2) is 6.66. The van der Waals surface area contributed by atoms with Crippen LogP contribution in [0, 0.1) is 17.7 Å². The topological polar surface area (TPSA) is 49.3 Å². The highest BCUT2D eigenvalue weighted by Gasteiger charge is 2.30. The lowest BCUT2D eigenvalue weighted by Gasteiger charge is -2.28. The number of benzene rings is 1. The molecule has 19 heavy (non-hydrogen) atoms. The summed E-state index contributed by atoms with van der Waals surface area (Å²) in [6, 6.07) is 6.48. The monoisotopic (exact) mass is 265 g/mol. The first-order chi connectivity index (χ1) is 9.16. The highest BCUT2D eigenvalue weighted by molar-refractivity contribution is 5.70. The van der Waals surface area contributed by atoms with Gasteiger partial charge in [-0.3, -0.25) is 4.79 Å². The van der Waals surface area contributed by atoms with E-state index in [4.69, 9.17) is 0 Å². The molecule has 3 nitrogen and oxygen atoms in total. The molecule has 0 radical (unpaired) electrons. The van der Waals surface area contributed by atoms with Crippen LogP contribution in [0.25, 0.3) is 0 Å². The van der Waals surface area contributed by atoms with Gasteiger partial charge in [-0.1, -0.05) is 25.0 Å². The van der Waals surface area contributed by atoms with Crippen molar-refractivity contribution in [3.05, 3.63) is 35.6 Å². The zero-order chi connectivity index (χ0) is 13.7. The lowest BCUT2D eigenvalue weighted by molar-refractivity contribution is -0.144. The summed E-state index contributed by atoms with van der Waals surface area (Å²) in [6.07, 6.45) is 3.86. The molecule has 0 saturated heterocycles. The Labute approximate surface area is 112 Å². The van der Waals surface area contributed by atoms with Crippen molar-refractivity contribution in [3.8, 4) is 0 Å². The van der Waals surface area contributed by atoms with Gasteiger partial charge in [-0.15, -0.1) is 0 Å². The van der Waals surface area contributed by atoms with Gasteiger partial charge < -0.3 is 10.4 Å². The predicted molar refractivity (Wildman–Crippen MR) is 71.2 cm³/mol. The van der Waals surface area contributed by atoms with Gasteiger partial charge in [0.15, 0.2) is 0 Å². The van der Waals surface area contributed by atoms with Crippen molar-refractivity contribution in [1.29, 1.82) is 0 Å². The molecule has 2 atom stereocenters. The Morgan fingerprint density at radius 3 is 2.89 bits per heavy atom. The van der Waals surface area contributed by atoms with E-state index in [-0.39, 0.29) is 17.7 Å². The third-order valence-corrected chi connectivity index (χ3v) is 3.85. The van der Waals surface area contributed by atoms with Crippen molar-refractivity contribution in [1.82, 2.24) is 5.32 Å². The summed E-state index contributed by atoms with van der Waals surface area (Å²) in [7, 11) is 0. The van der Waals surface area contributed by atoms with Gasteiger partial charge in [-0.05, 0) is 43.0 Å². The molecule has 1 aromatic carbocycles. The summed E-state index contributed by atoms with van der Waals surface area (Å²) < 4.78 is 13.0. The molecular formula is C15H20FNO2. The van der Waals surface area contributed by atoms with E-state index in [1.807, 2.05) is 6.07 Å². The summed E-state index contributed by atoms with van der Waals surface area (Å²) in [6.45, 7) is 1.27. The lowest BCUT2D eigenvalue weighted by atomic mass is 9.79. The molecule has 104 valence electrons. The highest BCUT2D eigenvalue weighted by Crippen LogP contribution is 2.29. The van der Waals surface area contributed by atoms with E-state index < -0.39 is 5.97 Å². The number of carboxylic acid groups (broad SMARTS) is 1. The lowest BCUT2D eigenvalue weighted by Crippen LogP contribution is -2.34. The van der Waals surface area contributed by atoms with Crippen molar-refractivity contribution in [2.45, 2.75) is 32.2 Å². The van der Waals surface area contributed by atoms with Crippen LogP contribution < -0.4 is 5.32 Å². The van der Waals surface area contributed by atoms with Gasteiger partial charge in [0.05, 0.1) is 5.92 Å². The molecule has 1 fully saturated rings. The van der Waals surface area contributed by atoms with Gasteiger partial charge in [-0.25, -0.2) is 4.39 Å². The van der Waals surface area contributed by atoms with Crippen LogP contribution in [-0.4, -0.2) is 17.6 Å². The summed E-state index contributed by atoms with van der Waals surface area (Å²) in [5.74, 6) is -0.953. The summed E-state index contributed by atoms with van der Waals surface area (Å²) in [5.41, 5.74) is 0.891. The Hall–Kier alpha value is -1.42. The van der Waals surface area contributed by atoms with E-state index in [1.54, 1.807) is 6.07 Å². The van der Waals surface area contributed by atoms with Crippen molar-refractivity contribution in [2.24, 2.45) is 11.8 Å². The number of halogens is 1. The first-order valence-electron chi connectivity index (χ1n) is 6.85. The number of rotatable bonds is 5. The second-order valence-corrected chi connectivity index (χ2v) is 5.25. The van der Waals surface area contributed by atoms with Gasteiger partial charge in [-0.2, -0.15) is 0 Å². The largest absolute Gasteiger partial charge is 0.481 e. The van der Waals surface area contributed by atoms with Crippen LogP contribution in [0.5, 0.6) is 0 Å². The molecule has 0 heterocycles. The third-order valence-electron chi connectivity index (χ3n) is 3.85. The average Bonchev–Trinajstić information content (AvgIpc) is 2.39. The van der Waals surface area contributed by atoms with E-state index in [1.165, 1.54) is 12.1 Å². The fourth-order valence-electron chi connectivity index (χ4n) is 2.83. The molecule has 2 unspecified atom stereocenters. The summed E-state index contributed by atoms with van der Waals surface area (Å²) >= 11 is 0. The fraction of sp³-hybridized carbons (Fsp3) is 0.533. The quantitative estimate of drug-likeness (QED) is 0.860. The van der Waals surface area contributed by atoms with Crippen molar-refractivity contribution in [3.63, 3.8) is 0 Å². The summed E-state index contributed by atoms with van der Waals surface area (Å²) in [5, 5.41) is 12.4. The number of nitrogens with one attached hydrogen (secondary N) is 1. The average molecular weight is 265 g/mol. The number of hydrogen-bond donors (Lipinski definition) is 2. The minimum atomic E-state index is -0.683. The molecule has 0 amide bonds. The minimum Gasteiger partial charge on any atom is -0.481 e. The zero-order valence-electron chi connectivity index (χ0n) is 10.9. The van der Waals surface area contributed by atoms with Gasteiger partial charge in [0.2, 0.25) is 0 Å². The molecule has 0 aromatic heterocycles. The van der Waals surface area contributed by atoms with Crippen LogP contribution in [0.1, 0.15) is 31.2 Å². The number of hydrogen-bond acceptors (Lipinski definition) is 2. The van der Waals surface area contributed by atoms with Gasteiger partial charge in [0, 0.05) is 6.54 Å². The van der Waals surface area contributed by atoms with E-state index in [9.17, 15) is 14.3 Å². The maximum atomic E-state index is 13.0. The SMILES string of the molecule is O=C(O)C1CCCCC1CNCc1cccc(F)c1. The number of carbonyl (C=O) groups is 1. The predicted octanol–water partition coefficient (Wildman–Crippen LogP) is 2.81. The summed E-state index contributed by atoms with van der Waals surface area (Å²) in [4.78, 5) is 11.2. The Morgan fingerprint density at radius 2 is 2.16 bits per heavy atom. The normalized spacial score (nSPS) is 23.2. The number of carboxylic acids is 1. The van der Waals surface area contributed by atoms with E-state index in [0.29, 0.717) is 13.1 Å². The Balaban J connectivity index is 1.82. The molecule has 1 saturated carbocycles. The van der Waals surface area contributed by atoms with Gasteiger partial charge >= 0.3 is 5.97 Å². The molecule has 1 aromatic rings. The molecule has 4 heteroatoms. The third kappa shape index (κ3) is 4.03. The van der Waals surface area contributed by atoms with Crippen LogP contribution in [0.4, 0.5) is 4.39 Å². The molecule has 0 aliphatic heterocycles. The van der Waals surface area contributed by atoms with E-state index in [0.717, 1.165) is 31.2 Å². The molecule has 0 spiro atoms. The Bertz CT molecular complexity index is 436. The molecule has 2 rings (SSSR count). The fourth-order valence-corrected chi connectivity index (χ4v) is 2.83. The van der Waals surface area contributed by atoms with Crippen LogP contribution in [-0.2, 0) is 11.3 Å². The molecule has 1 aliphatic carbocycles. The van der Waals surface area contributed by atoms with E-state index >= 15 is 0 Å². The first-order valence-corrected chi connectivity index (χ1v) is 6.85. The van der Waals surface area contributed by atoms with Gasteiger partial charge in [0.1, 0.15) is 5.82 Å². The number of aliphatic carboxylic acids is 1. The second-order valence-electron chi connectivity index (χ2n) is 5.25. The van der Waals surface area contributed by atoms with Crippen LogP contribution in [0.2, 0.25) is 0 Å². The maximum absolute atomic E-state index is 13.0. The first kappa shape index (κ1) is 14.0. The maximum Gasteiger partial charge on any atom is 0.306 e. The smallest absolute Gasteiger partial charge is 0.306 e. The van der Waals surface area contributed by atoms with Gasteiger partial charge in [0.25, 0.3) is 0 Å². The molecular weight excluding hydrogens is 245 g/mol. The van der Waals surface area contributed by atoms with Crippen molar-refractivity contribution >= 4 is 5.97 Å². The van der Waals surface area contributed by atoms with E-state index in [2.05, 4.69) is 5.32 Å². The zero-order valence-corrected chi connectivity index (χ0v) is 10.9. The van der Waals surface area contributed by atoms with Crippen molar-refractivity contribution < 1.29 is 14.3 Å². The molecule has 0 bridgehead atoms. The van der Waals surface area contributed by atoms with Crippen molar-refractivity contribution in [2.75, 3.05) is 6.54 Å². The highest BCUT2D eigenvalue weighted by atomic mass is 19.1. The van der Waals surface area contributed by atoms with Crippen LogP contribution in [0.15, 0.2) is 24.3 Å². The molecule has 1 aliphatic rings. The van der Waals surface area contributed by atoms with Crippen LogP contribution in [0.3, 0.4) is 0 Å². The van der Waals surface area contributed by atoms with Crippen LogP contribution >= 0.6 is 0 Å². The standard InChI is InChI=1S/C15H20FNO2/c16-13-6-3-4-11(8-13)9-17-10-12-5-1-2-7-14(12)15(18)19/h3-4,6,8,12,14,17H,1-2,5,7,9-10H2,(H,18,19).